The Kier molecular flexibility index (Phi) is 6.39. The second kappa shape index (κ2) is 9.14. The van der Waals surface area contributed by atoms with Crippen molar-refractivity contribution in [3.63, 3.8) is 0 Å². The molecule has 0 aliphatic carbocycles. The highest BCUT2D eigenvalue weighted by Gasteiger charge is 2.14. The van der Waals surface area contributed by atoms with Crippen molar-refractivity contribution in [1.29, 1.82) is 0 Å². The summed E-state index contributed by atoms with van der Waals surface area (Å²) in [7, 11) is 0. The first-order valence-corrected chi connectivity index (χ1v) is 9.27. The van der Waals surface area contributed by atoms with Crippen molar-refractivity contribution in [3.05, 3.63) is 82.4 Å². The van der Waals surface area contributed by atoms with E-state index < -0.39 is 6.10 Å². The van der Waals surface area contributed by atoms with Crippen LogP contribution in [-0.4, -0.2) is 28.3 Å². The zero-order valence-electron chi connectivity index (χ0n) is 16.3. The molecule has 1 heterocycles. The molecule has 0 aliphatic rings. The van der Waals surface area contributed by atoms with E-state index in [1.165, 1.54) is 35.0 Å². The van der Waals surface area contributed by atoms with Crippen molar-refractivity contribution < 1.29 is 13.9 Å². The monoisotopic (exact) mass is 395 g/mol. The molecule has 1 atom stereocenters. The first-order valence-electron chi connectivity index (χ1n) is 9.27. The zero-order chi connectivity index (χ0) is 20.8. The van der Waals surface area contributed by atoms with Crippen molar-refractivity contribution >= 4 is 5.91 Å². The van der Waals surface area contributed by atoms with E-state index in [9.17, 15) is 14.0 Å². The summed E-state index contributed by atoms with van der Waals surface area (Å²) in [6.45, 7) is 4.05. The molecule has 1 aromatic heterocycles. The molecule has 0 bridgehead atoms. The molecule has 1 amide bonds. The van der Waals surface area contributed by atoms with Crippen LogP contribution in [0.4, 0.5) is 4.39 Å². The quantitative estimate of drug-likeness (QED) is 0.668. The number of hydrogen-bond acceptors (Lipinski definition) is 4. The van der Waals surface area contributed by atoms with Gasteiger partial charge in [0.15, 0.2) is 6.10 Å². The number of nitrogens with zero attached hydrogens (tertiary/aromatic N) is 2. The molecule has 7 heteroatoms. The highest BCUT2D eigenvalue weighted by Crippen LogP contribution is 2.16. The number of benzene rings is 2. The van der Waals surface area contributed by atoms with E-state index in [0.29, 0.717) is 11.4 Å². The largest absolute Gasteiger partial charge is 0.481 e. The zero-order valence-corrected chi connectivity index (χ0v) is 16.3. The van der Waals surface area contributed by atoms with Gasteiger partial charge in [-0.3, -0.25) is 9.59 Å². The molecule has 150 valence electrons. The lowest BCUT2D eigenvalue weighted by atomic mass is 10.1. The molecule has 3 aromatic rings. The molecule has 0 saturated carbocycles. The van der Waals surface area contributed by atoms with Crippen molar-refractivity contribution in [3.8, 4) is 17.0 Å². The van der Waals surface area contributed by atoms with Gasteiger partial charge in [0.25, 0.3) is 11.5 Å². The third-order valence-electron chi connectivity index (χ3n) is 4.33. The predicted molar refractivity (Wildman–Crippen MR) is 108 cm³/mol. The number of aryl methyl sites for hydroxylation is 1. The third-order valence-corrected chi connectivity index (χ3v) is 4.33. The number of amides is 1. The summed E-state index contributed by atoms with van der Waals surface area (Å²) in [6.07, 6.45) is -0.760. The topological polar surface area (TPSA) is 73.2 Å². The molecule has 0 radical (unpaired) electrons. The summed E-state index contributed by atoms with van der Waals surface area (Å²) in [5.74, 6) is -0.310. The summed E-state index contributed by atoms with van der Waals surface area (Å²) < 4.78 is 19.7. The summed E-state index contributed by atoms with van der Waals surface area (Å²) in [4.78, 5) is 24.3. The number of nitrogens with one attached hydrogen (secondary N) is 1. The van der Waals surface area contributed by atoms with Gasteiger partial charge in [0.1, 0.15) is 11.6 Å². The average molecular weight is 395 g/mol. The minimum atomic E-state index is -0.760. The Morgan fingerprint density at radius 3 is 2.48 bits per heavy atom. The number of carbonyl (C=O) groups is 1. The van der Waals surface area contributed by atoms with Crippen LogP contribution in [0.15, 0.2) is 65.5 Å². The fourth-order valence-corrected chi connectivity index (χ4v) is 2.69. The van der Waals surface area contributed by atoms with Gasteiger partial charge in [-0.1, -0.05) is 29.8 Å². The molecular formula is C22H22FN3O3. The molecule has 29 heavy (non-hydrogen) atoms. The Hall–Kier alpha value is -3.48. The summed E-state index contributed by atoms with van der Waals surface area (Å²) >= 11 is 0. The second-order valence-electron chi connectivity index (χ2n) is 6.65. The van der Waals surface area contributed by atoms with Crippen LogP contribution in [0.1, 0.15) is 12.5 Å². The van der Waals surface area contributed by atoms with Gasteiger partial charge >= 0.3 is 0 Å². The highest BCUT2D eigenvalue weighted by molar-refractivity contribution is 5.80. The molecule has 2 aromatic carbocycles. The van der Waals surface area contributed by atoms with Gasteiger partial charge in [0.05, 0.1) is 12.2 Å². The lowest BCUT2D eigenvalue weighted by Gasteiger charge is -2.15. The van der Waals surface area contributed by atoms with Crippen LogP contribution in [-0.2, 0) is 11.3 Å². The number of carbonyl (C=O) groups excluding carboxylic acids is 1. The van der Waals surface area contributed by atoms with Crippen LogP contribution in [0.25, 0.3) is 11.3 Å². The minimum Gasteiger partial charge on any atom is -0.481 e. The van der Waals surface area contributed by atoms with Crippen molar-refractivity contribution in [2.45, 2.75) is 26.5 Å². The van der Waals surface area contributed by atoms with Gasteiger partial charge in [-0.25, -0.2) is 9.07 Å². The van der Waals surface area contributed by atoms with Crippen molar-refractivity contribution in [1.82, 2.24) is 15.1 Å². The Bertz CT molecular complexity index is 1030. The van der Waals surface area contributed by atoms with E-state index in [2.05, 4.69) is 10.4 Å². The number of halogens is 1. The van der Waals surface area contributed by atoms with Gasteiger partial charge in [0, 0.05) is 18.2 Å². The molecule has 0 spiro atoms. The fraction of sp³-hybridized carbons (Fsp3) is 0.227. The van der Waals surface area contributed by atoms with E-state index >= 15 is 0 Å². The Labute approximate surface area is 168 Å². The normalized spacial score (nSPS) is 11.7. The van der Waals surface area contributed by atoms with E-state index in [-0.39, 0.29) is 30.4 Å². The van der Waals surface area contributed by atoms with Crippen LogP contribution in [0, 0.1) is 12.7 Å². The first-order chi connectivity index (χ1) is 13.9. The smallest absolute Gasteiger partial charge is 0.266 e. The number of rotatable bonds is 7. The van der Waals surface area contributed by atoms with E-state index in [1.807, 2.05) is 31.2 Å². The maximum atomic E-state index is 12.9. The molecule has 0 fully saturated rings. The van der Waals surface area contributed by atoms with Crippen molar-refractivity contribution in [2.75, 3.05) is 6.54 Å². The lowest BCUT2D eigenvalue weighted by molar-refractivity contribution is -0.127. The van der Waals surface area contributed by atoms with Gasteiger partial charge in [-0.05, 0) is 44.2 Å². The maximum Gasteiger partial charge on any atom is 0.266 e. The molecule has 1 N–H and O–H groups in total. The summed E-state index contributed by atoms with van der Waals surface area (Å²) in [5, 5.41) is 7.09. The van der Waals surface area contributed by atoms with Gasteiger partial charge in [-0.15, -0.1) is 0 Å². The van der Waals surface area contributed by atoms with Gasteiger partial charge in [0.2, 0.25) is 0 Å². The standard InChI is InChI=1S/C22H22FN3O3/c1-15-3-5-17(6-4-15)20-11-12-21(27)26(25-20)14-13-24-22(28)16(2)29-19-9-7-18(23)8-10-19/h3-12,16H,13-14H2,1-2H3,(H,24,28). The lowest BCUT2D eigenvalue weighted by Crippen LogP contribution is -2.39. The highest BCUT2D eigenvalue weighted by atomic mass is 19.1. The van der Waals surface area contributed by atoms with E-state index in [1.54, 1.807) is 13.0 Å². The molecule has 6 nitrogen and oxygen atoms in total. The van der Waals surface area contributed by atoms with Crippen molar-refractivity contribution in [2.24, 2.45) is 0 Å². The van der Waals surface area contributed by atoms with E-state index in [4.69, 9.17) is 4.74 Å². The minimum absolute atomic E-state index is 0.222. The number of ether oxygens (including phenoxy) is 1. The van der Waals surface area contributed by atoms with Crippen LogP contribution in [0.5, 0.6) is 5.75 Å². The predicted octanol–water partition coefficient (Wildman–Crippen LogP) is 2.94. The maximum absolute atomic E-state index is 12.9. The molecule has 1 unspecified atom stereocenters. The first kappa shape index (κ1) is 20.3. The second-order valence-corrected chi connectivity index (χ2v) is 6.65. The van der Waals surface area contributed by atoms with Gasteiger partial charge < -0.3 is 10.1 Å². The third kappa shape index (κ3) is 5.51. The molecule has 0 aliphatic heterocycles. The Morgan fingerprint density at radius 1 is 1.10 bits per heavy atom. The molecule has 3 rings (SSSR count). The van der Waals surface area contributed by atoms with Crippen LogP contribution < -0.4 is 15.6 Å². The summed E-state index contributed by atoms with van der Waals surface area (Å²) in [5.41, 5.74) is 2.49. The average Bonchev–Trinajstić information content (AvgIpc) is 2.71. The Balaban J connectivity index is 1.57. The van der Waals surface area contributed by atoms with Crippen LogP contribution >= 0.6 is 0 Å². The number of hydrogen-bond donors (Lipinski definition) is 1. The van der Waals surface area contributed by atoms with Gasteiger partial charge in [-0.2, -0.15) is 5.10 Å². The SMILES string of the molecule is Cc1ccc(-c2ccc(=O)n(CCNC(=O)C(C)Oc3ccc(F)cc3)n2)cc1. The van der Waals surface area contributed by atoms with Crippen LogP contribution in [0.2, 0.25) is 0 Å². The number of aromatic nitrogens is 2. The summed E-state index contributed by atoms with van der Waals surface area (Å²) in [6, 6.07) is 16.4. The molecular weight excluding hydrogens is 373 g/mol. The van der Waals surface area contributed by atoms with Crippen LogP contribution in [0.3, 0.4) is 0 Å². The Morgan fingerprint density at radius 2 is 1.79 bits per heavy atom. The van der Waals surface area contributed by atoms with E-state index in [0.717, 1.165) is 11.1 Å². The molecule has 0 saturated heterocycles. The fourth-order valence-electron chi connectivity index (χ4n) is 2.69.